The van der Waals surface area contributed by atoms with Gasteiger partial charge in [-0.25, -0.2) is 0 Å². The highest BCUT2D eigenvalue weighted by atomic mass is 32.2. The first kappa shape index (κ1) is 11.8. The van der Waals surface area contributed by atoms with Crippen LogP contribution in [0.25, 0.3) is 0 Å². The van der Waals surface area contributed by atoms with Crippen molar-refractivity contribution in [1.29, 1.82) is 0 Å². The van der Waals surface area contributed by atoms with Gasteiger partial charge in [0, 0.05) is 0 Å². The van der Waals surface area contributed by atoms with Gasteiger partial charge in [-0.15, -0.1) is 0 Å². The monoisotopic (exact) mass is 191 g/mol. The summed E-state index contributed by atoms with van der Waals surface area (Å²) in [4.78, 5) is 10.8. The zero-order valence-electron chi connectivity index (χ0n) is 7.89. The van der Waals surface area contributed by atoms with E-state index in [1.807, 2.05) is 13.2 Å². The Kier molecular flexibility index (Phi) is 5.33. The molecule has 0 spiro atoms. The van der Waals surface area contributed by atoms with Crippen LogP contribution < -0.4 is 5.32 Å². The number of hydrogen-bond acceptors (Lipinski definition) is 3. The number of nitrogens with one attached hydrogen (secondary N) is 1. The van der Waals surface area contributed by atoms with Gasteiger partial charge in [-0.1, -0.05) is 6.92 Å². The fraction of sp³-hybridized carbons (Fsp3) is 0.875. The summed E-state index contributed by atoms with van der Waals surface area (Å²) in [5.74, 6) is 0.105. The van der Waals surface area contributed by atoms with E-state index in [9.17, 15) is 4.79 Å². The molecule has 0 heterocycles. The second kappa shape index (κ2) is 5.43. The molecule has 72 valence electrons. The first-order valence-electron chi connectivity index (χ1n) is 4.04. The predicted octanol–water partition coefficient (Wildman–Crippen LogP) is 1.19. The SMILES string of the molecule is CCNC(C)(CCSC)C(=O)O. The molecular weight excluding hydrogens is 174 g/mol. The van der Waals surface area contributed by atoms with Crippen molar-refractivity contribution >= 4 is 17.7 Å². The molecule has 0 aromatic carbocycles. The van der Waals surface area contributed by atoms with Crippen molar-refractivity contribution in [3.05, 3.63) is 0 Å². The number of aliphatic carboxylic acids is 1. The van der Waals surface area contributed by atoms with Gasteiger partial charge < -0.3 is 10.4 Å². The molecule has 0 aliphatic heterocycles. The molecule has 1 unspecified atom stereocenters. The van der Waals surface area contributed by atoms with E-state index in [4.69, 9.17) is 5.11 Å². The van der Waals surface area contributed by atoms with Crippen molar-refractivity contribution < 1.29 is 9.90 Å². The molecule has 0 aromatic heterocycles. The second-order valence-corrected chi connectivity index (χ2v) is 3.90. The molecule has 1 atom stereocenters. The smallest absolute Gasteiger partial charge is 0.323 e. The van der Waals surface area contributed by atoms with Gasteiger partial charge in [0.15, 0.2) is 0 Å². The lowest BCUT2D eigenvalue weighted by Crippen LogP contribution is -2.49. The van der Waals surface area contributed by atoms with Crippen LogP contribution in [0.2, 0.25) is 0 Å². The molecule has 0 radical (unpaired) electrons. The summed E-state index contributed by atoms with van der Waals surface area (Å²) in [5, 5.41) is 11.9. The van der Waals surface area contributed by atoms with Gasteiger partial charge in [0.25, 0.3) is 0 Å². The Morgan fingerprint density at radius 3 is 2.58 bits per heavy atom. The summed E-state index contributed by atoms with van der Waals surface area (Å²) in [5.41, 5.74) is -0.752. The van der Waals surface area contributed by atoms with Crippen molar-refractivity contribution in [3.8, 4) is 0 Å². The Morgan fingerprint density at radius 1 is 1.67 bits per heavy atom. The molecule has 0 aliphatic carbocycles. The quantitative estimate of drug-likeness (QED) is 0.662. The van der Waals surface area contributed by atoms with Crippen LogP contribution in [0.1, 0.15) is 20.3 Å². The average molecular weight is 191 g/mol. The van der Waals surface area contributed by atoms with E-state index < -0.39 is 11.5 Å². The van der Waals surface area contributed by atoms with Gasteiger partial charge in [0.1, 0.15) is 5.54 Å². The molecule has 4 heteroatoms. The normalized spacial score (nSPS) is 15.6. The first-order chi connectivity index (χ1) is 5.56. The summed E-state index contributed by atoms with van der Waals surface area (Å²) in [6.07, 6.45) is 2.64. The summed E-state index contributed by atoms with van der Waals surface area (Å²) >= 11 is 1.67. The van der Waals surface area contributed by atoms with Crippen molar-refractivity contribution in [2.75, 3.05) is 18.6 Å². The van der Waals surface area contributed by atoms with Crippen molar-refractivity contribution in [1.82, 2.24) is 5.32 Å². The minimum absolute atomic E-state index is 0.664. The van der Waals surface area contributed by atoms with E-state index in [0.717, 1.165) is 5.75 Å². The minimum Gasteiger partial charge on any atom is -0.480 e. The second-order valence-electron chi connectivity index (χ2n) is 2.91. The number of carboxylic acid groups (broad SMARTS) is 1. The molecule has 0 aliphatic rings. The van der Waals surface area contributed by atoms with Gasteiger partial charge in [-0.05, 0) is 31.9 Å². The van der Waals surface area contributed by atoms with Crippen molar-refractivity contribution in [3.63, 3.8) is 0 Å². The molecule has 0 saturated carbocycles. The third-order valence-corrected chi connectivity index (χ3v) is 2.46. The van der Waals surface area contributed by atoms with Crippen molar-refractivity contribution in [2.45, 2.75) is 25.8 Å². The zero-order chi connectivity index (χ0) is 9.61. The third kappa shape index (κ3) is 3.45. The van der Waals surface area contributed by atoms with Gasteiger partial charge in [0.05, 0.1) is 0 Å². The van der Waals surface area contributed by atoms with E-state index in [0.29, 0.717) is 13.0 Å². The van der Waals surface area contributed by atoms with Crippen LogP contribution >= 0.6 is 11.8 Å². The maximum Gasteiger partial charge on any atom is 0.323 e. The Morgan fingerprint density at radius 2 is 2.25 bits per heavy atom. The predicted molar refractivity (Wildman–Crippen MR) is 52.7 cm³/mol. The lowest BCUT2D eigenvalue weighted by molar-refractivity contribution is -0.144. The summed E-state index contributed by atoms with van der Waals surface area (Å²) in [7, 11) is 0. The van der Waals surface area contributed by atoms with Gasteiger partial charge >= 0.3 is 5.97 Å². The summed E-state index contributed by atoms with van der Waals surface area (Å²) in [6.45, 7) is 4.34. The van der Waals surface area contributed by atoms with Crippen molar-refractivity contribution in [2.24, 2.45) is 0 Å². The number of rotatable bonds is 6. The molecular formula is C8H17NO2S. The number of thioether (sulfide) groups is 1. The Bertz CT molecular complexity index is 152. The summed E-state index contributed by atoms with van der Waals surface area (Å²) in [6, 6.07) is 0. The van der Waals surface area contributed by atoms with Gasteiger partial charge in [0.2, 0.25) is 0 Å². The molecule has 3 nitrogen and oxygen atoms in total. The fourth-order valence-electron chi connectivity index (χ4n) is 0.967. The number of hydrogen-bond donors (Lipinski definition) is 2. The van der Waals surface area contributed by atoms with Crippen LogP contribution in [-0.4, -0.2) is 35.2 Å². The maximum absolute atomic E-state index is 10.8. The first-order valence-corrected chi connectivity index (χ1v) is 5.43. The van der Waals surface area contributed by atoms with Crippen LogP contribution in [-0.2, 0) is 4.79 Å². The standard InChI is InChI=1S/C8H17NO2S/c1-4-9-8(2,7(10)11)5-6-12-3/h9H,4-6H2,1-3H3,(H,10,11). The largest absolute Gasteiger partial charge is 0.480 e. The maximum atomic E-state index is 10.8. The van der Waals surface area contributed by atoms with Crippen LogP contribution in [0.15, 0.2) is 0 Å². The Labute approximate surface area is 77.9 Å². The number of carbonyl (C=O) groups is 1. The van der Waals surface area contributed by atoms with Crippen LogP contribution in [0.5, 0.6) is 0 Å². The topological polar surface area (TPSA) is 49.3 Å². The lowest BCUT2D eigenvalue weighted by Gasteiger charge is -2.25. The highest BCUT2D eigenvalue weighted by molar-refractivity contribution is 7.98. The van der Waals surface area contributed by atoms with E-state index >= 15 is 0 Å². The minimum atomic E-state index is -0.765. The molecule has 0 saturated heterocycles. The fourth-order valence-corrected chi connectivity index (χ4v) is 1.58. The van der Waals surface area contributed by atoms with E-state index in [1.165, 1.54) is 0 Å². The van der Waals surface area contributed by atoms with Crippen LogP contribution in [0, 0.1) is 0 Å². The highest BCUT2D eigenvalue weighted by Crippen LogP contribution is 2.12. The third-order valence-electron chi connectivity index (χ3n) is 1.85. The van der Waals surface area contributed by atoms with Gasteiger partial charge in [-0.3, -0.25) is 4.79 Å². The zero-order valence-corrected chi connectivity index (χ0v) is 8.70. The highest BCUT2D eigenvalue weighted by Gasteiger charge is 2.30. The van der Waals surface area contributed by atoms with Crippen LogP contribution in [0.3, 0.4) is 0 Å². The molecule has 0 fully saturated rings. The molecule has 0 aromatic rings. The van der Waals surface area contributed by atoms with E-state index in [1.54, 1.807) is 18.7 Å². The average Bonchev–Trinajstić information content (AvgIpc) is 2.01. The molecule has 12 heavy (non-hydrogen) atoms. The molecule has 0 amide bonds. The Hall–Kier alpha value is -0.220. The molecule has 0 rings (SSSR count). The number of carboxylic acids is 1. The molecule has 2 N–H and O–H groups in total. The number of likely N-dealkylation sites (N-methyl/N-ethyl adjacent to an activating group) is 1. The Balaban J connectivity index is 4.08. The van der Waals surface area contributed by atoms with Gasteiger partial charge in [-0.2, -0.15) is 11.8 Å². The van der Waals surface area contributed by atoms with E-state index in [2.05, 4.69) is 5.32 Å². The lowest BCUT2D eigenvalue weighted by atomic mass is 9.99. The summed E-state index contributed by atoms with van der Waals surface area (Å²) < 4.78 is 0. The molecule has 0 bridgehead atoms. The van der Waals surface area contributed by atoms with Crippen LogP contribution in [0.4, 0.5) is 0 Å². The van der Waals surface area contributed by atoms with E-state index in [-0.39, 0.29) is 0 Å².